The summed E-state index contributed by atoms with van der Waals surface area (Å²) in [5, 5.41) is 1.05. The Bertz CT molecular complexity index is 1070. The third kappa shape index (κ3) is 4.40. The molecule has 0 saturated carbocycles. The lowest BCUT2D eigenvalue weighted by Crippen LogP contribution is -2.17. The Kier molecular flexibility index (Phi) is 6.76. The molecule has 0 spiro atoms. The summed E-state index contributed by atoms with van der Waals surface area (Å²) in [5.74, 6) is -0.229. The van der Waals surface area contributed by atoms with Crippen LogP contribution in [0.25, 0.3) is 11.3 Å². The van der Waals surface area contributed by atoms with Crippen LogP contribution in [0.1, 0.15) is 41.1 Å². The van der Waals surface area contributed by atoms with E-state index in [4.69, 9.17) is 23.2 Å². The molecule has 1 aromatic heterocycles. The van der Waals surface area contributed by atoms with Gasteiger partial charge in [-0.3, -0.25) is 4.79 Å². The van der Waals surface area contributed by atoms with Gasteiger partial charge >= 0.3 is 0 Å². The zero-order valence-corrected chi connectivity index (χ0v) is 18.5. The van der Waals surface area contributed by atoms with Crippen LogP contribution in [-0.2, 0) is 13.0 Å². The number of amides is 1. The molecule has 1 amide bonds. The molecule has 3 rings (SSSR count). The van der Waals surface area contributed by atoms with E-state index >= 15 is 0 Å². The summed E-state index contributed by atoms with van der Waals surface area (Å²) in [7, 11) is 0. The number of benzene rings is 2. The van der Waals surface area contributed by atoms with Crippen molar-refractivity contribution in [3.05, 3.63) is 73.3 Å². The monoisotopic (exact) mass is 432 g/mol. The molecule has 0 aliphatic heterocycles. The van der Waals surface area contributed by atoms with E-state index in [0.717, 1.165) is 29.7 Å². The number of rotatable bonds is 5. The molecule has 2 aromatic carbocycles. The van der Waals surface area contributed by atoms with Crippen molar-refractivity contribution in [2.45, 2.75) is 40.2 Å². The van der Waals surface area contributed by atoms with Gasteiger partial charge in [-0.1, -0.05) is 60.3 Å². The number of aromatic nitrogens is 1. The Labute approximate surface area is 179 Å². The average Bonchev–Trinajstić information content (AvgIpc) is 3.01. The highest BCUT2D eigenvalue weighted by molar-refractivity contribution is 7.09. The highest BCUT2D eigenvalue weighted by atomic mass is 35.5. The summed E-state index contributed by atoms with van der Waals surface area (Å²) in [6, 6.07) is 13.1. The number of carbonyl (C=O) groups is 1. The van der Waals surface area contributed by atoms with Gasteiger partial charge in [0.05, 0.1) is 15.7 Å². The molecule has 0 unspecified atom stereocenters. The number of nitrogens with zero attached hydrogens (tertiary/aromatic N) is 2. The van der Waals surface area contributed by atoms with Crippen molar-refractivity contribution in [1.82, 2.24) is 4.57 Å². The van der Waals surface area contributed by atoms with E-state index < -0.39 is 0 Å². The van der Waals surface area contributed by atoms with Crippen molar-refractivity contribution in [2.75, 3.05) is 0 Å². The maximum atomic E-state index is 12.7. The summed E-state index contributed by atoms with van der Waals surface area (Å²) in [4.78, 5) is 19.0. The van der Waals surface area contributed by atoms with Gasteiger partial charge in [0, 0.05) is 22.5 Å². The highest BCUT2D eigenvalue weighted by Gasteiger charge is 2.16. The van der Waals surface area contributed by atoms with Crippen LogP contribution in [0, 0.1) is 6.92 Å². The Morgan fingerprint density at radius 3 is 2.39 bits per heavy atom. The summed E-state index contributed by atoms with van der Waals surface area (Å²) in [5.41, 5.74) is 3.75. The highest BCUT2D eigenvalue weighted by Crippen LogP contribution is 2.32. The lowest BCUT2D eigenvalue weighted by atomic mass is 10.1. The van der Waals surface area contributed by atoms with Crippen molar-refractivity contribution in [1.29, 1.82) is 0 Å². The van der Waals surface area contributed by atoms with Crippen LogP contribution < -0.4 is 4.80 Å². The number of hydrogen-bond donors (Lipinski definition) is 0. The average molecular weight is 433 g/mol. The lowest BCUT2D eigenvalue weighted by molar-refractivity contribution is 0.0998. The van der Waals surface area contributed by atoms with Crippen molar-refractivity contribution in [3.63, 3.8) is 0 Å². The van der Waals surface area contributed by atoms with Crippen molar-refractivity contribution >= 4 is 40.4 Å². The number of aryl methyl sites for hydroxylation is 2. The molecular formula is C22H22Cl2N2OS. The van der Waals surface area contributed by atoms with Gasteiger partial charge in [0.15, 0.2) is 4.80 Å². The quantitative estimate of drug-likeness (QED) is 0.450. The number of hydrogen-bond acceptors (Lipinski definition) is 2. The second-order valence-electron chi connectivity index (χ2n) is 6.56. The van der Waals surface area contributed by atoms with Gasteiger partial charge in [0.2, 0.25) is 0 Å². The van der Waals surface area contributed by atoms with Gasteiger partial charge in [0.25, 0.3) is 5.91 Å². The second kappa shape index (κ2) is 9.08. The Morgan fingerprint density at radius 2 is 1.79 bits per heavy atom. The molecule has 3 nitrogen and oxygen atoms in total. The zero-order valence-electron chi connectivity index (χ0n) is 16.1. The van der Waals surface area contributed by atoms with Crippen LogP contribution in [0.3, 0.4) is 0 Å². The SMILES string of the molecule is CCCc1sc(=NC(=O)c2ccc(C)cc2)n(CC)c1-c1ccc(Cl)c(Cl)c1. The molecule has 6 heteroatoms. The van der Waals surface area contributed by atoms with Crippen molar-refractivity contribution < 1.29 is 4.79 Å². The van der Waals surface area contributed by atoms with Gasteiger partial charge in [-0.05, 0) is 44.5 Å². The third-order valence-corrected chi connectivity index (χ3v) is 6.34. The first-order chi connectivity index (χ1) is 13.4. The normalized spacial score (nSPS) is 11.8. The maximum Gasteiger partial charge on any atom is 0.279 e. The molecule has 0 saturated heterocycles. The molecule has 3 aromatic rings. The minimum absolute atomic E-state index is 0.229. The number of halogens is 2. The first kappa shape index (κ1) is 20.8. The third-order valence-electron chi connectivity index (χ3n) is 4.46. The summed E-state index contributed by atoms with van der Waals surface area (Å²) >= 11 is 13.9. The van der Waals surface area contributed by atoms with E-state index in [1.165, 1.54) is 4.88 Å². The molecule has 146 valence electrons. The van der Waals surface area contributed by atoms with E-state index in [2.05, 4.69) is 23.4 Å². The van der Waals surface area contributed by atoms with Gasteiger partial charge < -0.3 is 4.57 Å². The lowest BCUT2D eigenvalue weighted by Gasteiger charge is -2.10. The van der Waals surface area contributed by atoms with Crippen molar-refractivity contribution in [3.8, 4) is 11.3 Å². The zero-order chi connectivity index (χ0) is 20.3. The van der Waals surface area contributed by atoms with Crippen LogP contribution in [0.2, 0.25) is 10.0 Å². The standard InChI is InChI=1S/C22H22Cl2N2OS/c1-4-6-19-20(16-11-12-17(23)18(24)13-16)26(5-2)22(28-19)25-21(27)15-9-7-14(3)8-10-15/h7-13H,4-6H2,1-3H3. The van der Waals surface area contributed by atoms with Crippen molar-refractivity contribution in [2.24, 2.45) is 4.99 Å². The molecule has 0 aliphatic rings. The van der Waals surface area contributed by atoms with E-state index in [1.807, 2.05) is 43.3 Å². The van der Waals surface area contributed by atoms with Crippen LogP contribution >= 0.6 is 34.5 Å². The van der Waals surface area contributed by atoms with Gasteiger partial charge in [-0.15, -0.1) is 11.3 Å². The Hall–Kier alpha value is -1.88. The van der Waals surface area contributed by atoms with E-state index in [1.54, 1.807) is 17.4 Å². The maximum absolute atomic E-state index is 12.7. The smallest absolute Gasteiger partial charge is 0.279 e. The largest absolute Gasteiger partial charge is 0.316 e. The molecule has 28 heavy (non-hydrogen) atoms. The number of carbonyl (C=O) groups excluding carboxylic acids is 1. The van der Waals surface area contributed by atoms with Crippen LogP contribution in [0.4, 0.5) is 0 Å². The van der Waals surface area contributed by atoms with Crippen LogP contribution in [-0.4, -0.2) is 10.5 Å². The minimum atomic E-state index is -0.229. The topological polar surface area (TPSA) is 34.4 Å². The molecular weight excluding hydrogens is 411 g/mol. The Morgan fingerprint density at radius 1 is 1.07 bits per heavy atom. The molecule has 0 radical (unpaired) electrons. The molecule has 0 N–H and O–H groups in total. The van der Waals surface area contributed by atoms with Crippen LogP contribution in [0.15, 0.2) is 47.5 Å². The van der Waals surface area contributed by atoms with Gasteiger partial charge in [-0.2, -0.15) is 4.99 Å². The second-order valence-corrected chi connectivity index (χ2v) is 8.44. The first-order valence-electron chi connectivity index (χ1n) is 9.28. The predicted molar refractivity (Wildman–Crippen MR) is 119 cm³/mol. The van der Waals surface area contributed by atoms with Gasteiger partial charge in [0.1, 0.15) is 0 Å². The van der Waals surface area contributed by atoms with E-state index in [-0.39, 0.29) is 5.91 Å². The summed E-state index contributed by atoms with van der Waals surface area (Å²) in [6.07, 6.45) is 1.92. The summed E-state index contributed by atoms with van der Waals surface area (Å²) < 4.78 is 2.08. The Balaban J connectivity index is 2.15. The molecule has 0 fully saturated rings. The molecule has 1 heterocycles. The fraction of sp³-hybridized carbons (Fsp3) is 0.273. The number of thiazole rings is 1. The first-order valence-corrected chi connectivity index (χ1v) is 10.9. The van der Waals surface area contributed by atoms with Gasteiger partial charge in [-0.25, -0.2) is 0 Å². The fourth-order valence-electron chi connectivity index (χ4n) is 3.04. The van der Waals surface area contributed by atoms with E-state index in [0.29, 0.717) is 27.0 Å². The predicted octanol–water partition coefficient (Wildman–Crippen LogP) is 6.55. The fourth-order valence-corrected chi connectivity index (χ4v) is 4.65. The van der Waals surface area contributed by atoms with Crippen LogP contribution in [0.5, 0.6) is 0 Å². The molecule has 0 bridgehead atoms. The molecule has 0 aliphatic carbocycles. The minimum Gasteiger partial charge on any atom is -0.316 e. The molecule has 0 atom stereocenters. The summed E-state index contributed by atoms with van der Waals surface area (Å²) in [6.45, 7) is 6.90. The van der Waals surface area contributed by atoms with E-state index in [9.17, 15) is 4.79 Å².